The summed E-state index contributed by atoms with van der Waals surface area (Å²) in [6.45, 7) is 6.32. The molecule has 0 aliphatic carbocycles. The first kappa shape index (κ1) is 37.5. The Hall–Kier alpha value is -8.48. The number of nitrogens with zero attached hydrogens (tertiary/aromatic N) is 4. The molecule has 63 heavy (non-hydrogen) atoms. The van der Waals surface area contributed by atoms with Crippen molar-refractivity contribution < 1.29 is 8.83 Å². The molecule has 0 spiro atoms. The summed E-state index contributed by atoms with van der Waals surface area (Å²) in [5, 5.41) is 2.87. The van der Waals surface area contributed by atoms with E-state index in [2.05, 4.69) is 79.4 Å². The highest BCUT2D eigenvalue weighted by Gasteiger charge is 2.22. The minimum absolute atomic E-state index is 0.578. The Morgan fingerprint density at radius 2 is 1.06 bits per heavy atom. The van der Waals surface area contributed by atoms with Crippen molar-refractivity contribution >= 4 is 61.3 Å². The van der Waals surface area contributed by atoms with E-state index in [4.69, 9.17) is 28.8 Å². The Morgan fingerprint density at radius 3 is 1.78 bits per heavy atom. The van der Waals surface area contributed by atoms with Gasteiger partial charge in [0, 0.05) is 38.7 Å². The van der Waals surface area contributed by atoms with E-state index in [1.165, 1.54) is 0 Å². The second-order valence-corrected chi connectivity index (χ2v) is 15.5. The van der Waals surface area contributed by atoms with Gasteiger partial charge in [0.15, 0.2) is 17.2 Å². The standard InChI is InChI=1S/C57H38N4O2/c1-36(38-17-7-3-8-18-38)58-56(42-21-11-5-12-22-42)59-37(2)45-25-15-27-49-51(45)47-35-44(33-34-48(47)62-49)46-26-16-28-50-52(46)54-55(63-50)53(60-57(61-54)43-23-13-6-14-24-43)41-31-29-40(30-32-41)39-19-9-4-10-20-39/h3-35H,1H2,2H3. The number of aromatic nitrogens is 2. The van der Waals surface area contributed by atoms with Gasteiger partial charge >= 0.3 is 0 Å². The Balaban J connectivity index is 1.06. The van der Waals surface area contributed by atoms with Crippen molar-refractivity contribution in [2.75, 3.05) is 0 Å². The number of benzene rings is 8. The van der Waals surface area contributed by atoms with Gasteiger partial charge < -0.3 is 8.83 Å². The third kappa shape index (κ3) is 6.99. The van der Waals surface area contributed by atoms with Crippen LogP contribution in [0.15, 0.2) is 226 Å². The van der Waals surface area contributed by atoms with E-state index in [9.17, 15) is 0 Å². The van der Waals surface area contributed by atoms with Crippen LogP contribution in [0.5, 0.6) is 0 Å². The number of hydrogen-bond donors (Lipinski definition) is 0. The van der Waals surface area contributed by atoms with E-state index in [1.807, 2.05) is 134 Å². The maximum absolute atomic E-state index is 6.75. The summed E-state index contributed by atoms with van der Waals surface area (Å²) in [5.74, 6) is 1.21. The van der Waals surface area contributed by atoms with Gasteiger partial charge in [-0.3, -0.25) is 0 Å². The Bertz CT molecular complexity index is 3550. The van der Waals surface area contributed by atoms with Crippen molar-refractivity contribution in [3.63, 3.8) is 0 Å². The maximum Gasteiger partial charge on any atom is 0.180 e. The molecule has 6 nitrogen and oxygen atoms in total. The summed E-state index contributed by atoms with van der Waals surface area (Å²) in [7, 11) is 0. The second kappa shape index (κ2) is 15.8. The lowest BCUT2D eigenvalue weighted by Crippen LogP contribution is -2.04. The first-order valence-corrected chi connectivity index (χ1v) is 20.9. The average Bonchev–Trinajstić information content (AvgIpc) is 3.93. The highest BCUT2D eigenvalue weighted by Crippen LogP contribution is 2.42. The van der Waals surface area contributed by atoms with E-state index in [0.29, 0.717) is 22.9 Å². The fraction of sp³-hybridized carbons (Fsp3) is 0.0175. The summed E-state index contributed by atoms with van der Waals surface area (Å²) in [6.07, 6.45) is 0. The quantitative estimate of drug-likeness (QED) is 0.113. The van der Waals surface area contributed by atoms with Crippen molar-refractivity contribution in [3.8, 4) is 44.9 Å². The largest absolute Gasteiger partial charge is 0.456 e. The van der Waals surface area contributed by atoms with Crippen molar-refractivity contribution in [1.29, 1.82) is 0 Å². The predicted octanol–water partition coefficient (Wildman–Crippen LogP) is 14.9. The molecule has 8 aromatic carbocycles. The van der Waals surface area contributed by atoms with E-state index in [0.717, 1.165) is 99.9 Å². The Kier molecular flexibility index (Phi) is 9.44. The van der Waals surface area contributed by atoms with Gasteiger partial charge in [0.25, 0.3) is 0 Å². The zero-order valence-corrected chi connectivity index (χ0v) is 34.4. The minimum atomic E-state index is 0.578. The number of fused-ring (bicyclic) bond motifs is 6. The third-order valence-corrected chi connectivity index (χ3v) is 11.5. The third-order valence-electron chi connectivity index (χ3n) is 11.5. The van der Waals surface area contributed by atoms with E-state index >= 15 is 0 Å². The fourth-order valence-corrected chi connectivity index (χ4v) is 8.37. The lowest BCUT2D eigenvalue weighted by atomic mass is 9.97. The van der Waals surface area contributed by atoms with Crippen molar-refractivity contribution in [3.05, 3.63) is 223 Å². The normalized spacial score (nSPS) is 12.1. The van der Waals surface area contributed by atoms with Crippen LogP contribution in [0.2, 0.25) is 0 Å². The number of hydrogen-bond acceptors (Lipinski definition) is 5. The van der Waals surface area contributed by atoms with Gasteiger partial charge in [-0.1, -0.05) is 183 Å². The molecular weight excluding hydrogens is 773 g/mol. The van der Waals surface area contributed by atoms with Gasteiger partial charge in [-0.2, -0.15) is 0 Å². The number of rotatable bonds is 8. The molecule has 0 saturated carbocycles. The highest BCUT2D eigenvalue weighted by atomic mass is 16.3. The van der Waals surface area contributed by atoms with Crippen LogP contribution in [0.25, 0.3) is 94.6 Å². The van der Waals surface area contributed by atoms with Crippen LogP contribution in [-0.4, -0.2) is 21.5 Å². The van der Waals surface area contributed by atoms with Crippen LogP contribution < -0.4 is 0 Å². The molecule has 0 aliphatic rings. The van der Waals surface area contributed by atoms with Crippen LogP contribution in [0.1, 0.15) is 23.6 Å². The molecule has 0 N–H and O–H groups in total. The molecule has 0 atom stereocenters. The molecule has 11 aromatic rings. The lowest BCUT2D eigenvalue weighted by Gasteiger charge is -2.09. The van der Waals surface area contributed by atoms with E-state index in [-0.39, 0.29) is 0 Å². The summed E-state index contributed by atoms with van der Waals surface area (Å²) >= 11 is 0. The van der Waals surface area contributed by atoms with Crippen molar-refractivity contribution in [1.82, 2.24) is 9.97 Å². The van der Waals surface area contributed by atoms with Gasteiger partial charge in [-0.05, 0) is 59.0 Å². The Labute approximate surface area is 363 Å². The van der Waals surface area contributed by atoms with Crippen LogP contribution in [0.3, 0.4) is 0 Å². The molecule has 0 aliphatic heterocycles. The van der Waals surface area contributed by atoms with Crippen molar-refractivity contribution in [2.24, 2.45) is 9.98 Å². The first-order valence-electron chi connectivity index (χ1n) is 20.9. The molecule has 298 valence electrons. The van der Waals surface area contributed by atoms with E-state index < -0.39 is 0 Å². The smallest absolute Gasteiger partial charge is 0.180 e. The Morgan fingerprint density at radius 1 is 0.476 bits per heavy atom. The lowest BCUT2D eigenvalue weighted by molar-refractivity contribution is 0.667. The zero-order chi connectivity index (χ0) is 42.3. The number of amidine groups is 1. The summed E-state index contributed by atoms with van der Waals surface area (Å²) in [5.41, 5.74) is 14.8. The van der Waals surface area contributed by atoms with E-state index in [1.54, 1.807) is 0 Å². The molecular formula is C57H38N4O2. The predicted molar refractivity (Wildman–Crippen MR) is 259 cm³/mol. The highest BCUT2D eigenvalue weighted by molar-refractivity contribution is 6.22. The average molecular weight is 811 g/mol. The number of aliphatic imine (C=N–C) groups is 2. The fourth-order valence-electron chi connectivity index (χ4n) is 8.37. The molecule has 3 aromatic heterocycles. The second-order valence-electron chi connectivity index (χ2n) is 15.5. The minimum Gasteiger partial charge on any atom is -0.456 e. The SMILES string of the molecule is C=C(N=C(N=C(C)c1cccc2oc3ccc(-c4cccc5oc6c(-c7ccc(-c8ccccc8)cc7)nc(-c7ccccc7)nc6c45)cc3c12)c1ccccc1)c1ccccc1. The van der Waals surface area contributed by atoms with Gasteiger partial charge in [0.2, 0.25) is 0 Å². The summed E-state index contributed by atoms with van der Waals surface area (Å²) in [6, 6.07) is 67.6. The van der Waals surface area contributed by atoms with Crippen LogP contribution in [0.4, 0.5) is 0 Å². The van der Waals surface area contributed by atoms with Crippen molar-refractivity contribution in [2.45, 2.75) is 6.92 Å². The molecule has 0 amide bonds. The monoisotopic (exact) mass is 810 g/mol. The van der Waals surface area contributed by atoms with Gasteiger partial charge in [0.05, 0.1) is 11.1 Å². The molecule has 3 heterocycles. The molecule has 0 fully saturated rings. The van der Waals surface area contributed by atoms with Crippen LogP contribution in [0, 0.1) is 0 Å². The van der Waals surface area contributed by atoms with Gasteiger partial charge in [0.1, 0.15) is 28.0 Å². The van der Waals surface area contributed by atoms with Gasteiger partial charge in [-0.25, -0.2) is 20.0 Å². The van der Waals surface area contributed by atoms with Crippen LogP contribution >= 0.6 is 0 Å². The summed E-state index contributed by atoms with van der Waals surface area (Å²) in [4.78, 5) is 20.6. The van der Waals surface area contributed by atoms with Crippen LogP contribution in [-0.2, 0) is 0 Å². The maximum atomic E-state index is 6.75. The molecule has 11 rings (SSSR count). The molecule has 0 radical (unpaired) electrons. The molecule has 0 unspecified atom stereocenters. The molecule has 0 bridgehead atoms. The first-order chi connectivity index (χ1) is 31.1. The molecule has 0 saturated heterocycles. The zero-order valence-electron chi connectivity index (χ0n) is 34.4. The topological polar surface area (TPSA) is 76.8 Å². The number of furan rings is 2. The van der Waals surface area contributed by atoms with Gasteiger partial charge in [-0.15, -0.1) is 0 Å². The molecule has 6 heteroatoms. The summed E-state index contributed by atoms with van der Waals surface area (Å²) < 4.78 is 13.3.